The second-order valence-electron chi connectivity index (χ2n) is 5.19. The number of alkyl halides is 2. The van der Waals surface area contributed by atoms with Crippen molar-refractivity contribution in [1.82, 2.24) is 10.6 Å². The lowest BCUT2D eigenvalue weighted by Gasteiger charge is -2.30. The van der Waals surface area contributed by atoms with E-state index in [0.717, 1.165) is 0 Å². The van der Waals surface area contributed by atoms with Gasteiger partial charge < -0.3 is 20.1 Å². The van der Waals surface area contributed by atoms with E-state index < -0.39 is 12.7 Å². The number of carbonyl (C=O) groups excluding carboxylic acids is 1. The van der Waals surface area contributed by atoms with Gasteiger partial charge >= 0.3 is 6.61 Å². The molecule has 1 aliphatic rings. The molecule has 1 amide bonds. The molecule has 5 nitrogen and oxygen atoms in total. The third kappa shape index (κ3) is 4.38. The van der Waals surface area contributed by atoms with E-state index in [1.807, 2.05) is 6.92 Å². The van der Waals surface area contributed by atoms with E-state index in [9.17, 15) is 13.6 Å². The molecule has 1 fully saturated rings. The third-order valence-electron chi connectivity index (χ3n) is 3.54. The quantitative estimate of drug-likeness (QED) is 0.871. The minimum atomic E-state index is -2.87. The summed E-state index contributed by atoms with van der Waals surface area (Å²) in [6.45, 7) is 1.94. The number of halogens is 2. The first-order chi connectivity index (χ1) is 10.5. The van der Waals surface area contributed by atoms with Crippen LogP contribution >= 0.6 is 0 Å². The topological polar surface area (TPSA) is 59.6 Å². The molecule has 0 radical (unpaired) electrons. The molecule has 1 saturated heterocycles. The van der Waals surface area contributed by atoms with Crippen LogP contribution in [0.1, 0.15) is 25.5 Å². The fourth-order valence-electron chi connectivity index (χ4n) is 2.37. The van der Waals surface area contributed by atoms with Crippen molar-refractivity contribution >= 4 is 5.91 Å². The largest absolute Gasteiger partial charge is 0.435 e. The summed E-state index contributed by atoms with van der Waals surface area (Å²) in [5, 5.41) is 5.95. The molecule has 2 N–H and O–H groups in total. The van der Waals surface area contributed by atoms with Crippen LogP contribution in [0.25, 0.3) is 0 Å². The maximum Gasteiger partial charge on any atom is 0.387 e. The molecule has 1 heterocycles. The lowest BCUT2D eigenvalue weighted by atomic mass is 10.1. The zero-order valence-electron chi connectivity index (χ0n) is 12.5. The van der Waals surface area contributed by atoms with Gasteiger partial charge in [0.15, 0.2) is 0 Å². The van der Waals surface area contributed by atoms with Crippen molar-refractivity contribution in [2.45, 2.75) is 38.6 Å². The molecule has 1 aromatic carbocycles. The Balaban J connectivity index is 1.99. The predicted octanol–water partition coefficient (Wildman–Crippen LogP) is 1.84. The van der Waals surface area contributed by atoms with Gasteiger partial charge in [-0.2, -0.15) is 8.78 Å². The average Bonchev–Trinajstić information content (AvgIpc) is 2.47. The minimum Gasteiger partial charge on any atom is -0.435 e. The second-order valence-corrected chi connectivity index (χ2v) is 5.19. The van der Waals surface area contributed by atoms with Crippen LogP contribution in [0.4, 0.5) is 8.78 Å². The number of ether oxygens (including phenoxy) is 2. The monoisotopic (exact) mass is 314 g/mol. The van der Waals surface area contributed by atoms with Crippen molar-refractivity contribution in [3.63, 3.8) is 0 Å². The molecule has 0 saturated carbocycles. The molecular weight excluding hydrogens is 294 g/mol. The summed E-state index contributed by atoms with van der Waals surface area (Å²) in [5.41, 5.74) is 0.691. The van der Waals surface area contributed by atoms with E-state index in [1.165, 1.54) is 12.1 Å². The molecule has 1 unspecified atom stereocenters. The number of carbonyl (C=O) groups is 1. The molecule has 7 heteroatoms. The van der Waals surface area contributed by atoms with Crippen LogP contribution in [-0.4, -0.2) is 37.8 Å². The number of nitrogens with one attached hydrogen (secondary N) is 2. The van der Waals surface area contributed by atoms with Gasteiger partial charge in [0, 0.05) is 6.54 Å². The summed E-state index contributed by atoms with van der Waals surface area (Å²) in [4.78, 5) is 12.3. The number of benzene rings is 1. The van der Waals surface area contributed by atoms with E-state index in [2.05, 4.69) is 15.4 Å². The van der Waals surface area contributed by atoms with Crippen molar-refractivity contribution in [2.24, 2.45) is 0 Å². The van der Waals surface area contributed by atoms with Crippen LogP contribution in [0, 0.1) is 0 Å². The zero-order valence-corrected chi connectivity index (χ0v) is 12.5. The second kappa shape index (κ2) is 7.51. The number of hydrogen-bond donors (Lipinski definition) is 2. The third-order valence-corrected chi connectivity index (χ3v) is 3.54. The molecular formula is C15H20F2N2O3. The molecule has 1 aliphatic heterocycles. The smallest absolute Gasteiger partial charge is 0.387 e. The lowest BCUT2D eigenvalue weighted by molar-refractivity contribution is -0.129. The molecule has 3 atom stereocenters. The van der Waals surface area contributed by atoms with Crippen molar-refractivity contribution in [1.29, 1.82) is 0 Å². The fourth-order valence-corrected chi connectivity index (χ4v) is 2.37. The summed E-state index contributed by atoms with van der Waals surface area (Å²) in [6, 6.07) is 5.55. The molecule has 22 heavy (non-hydrogen) atoms. The van der Waals surface area contributed by atoms with Gasteiger partial charge in [-0.25, -0.2) is 0 Å². The van der Waals surface area contributed by atoms with Crippen molar-refractivity contribution in [3.05, 3.63) is 29.8 Å². The van der Waals surface area contributed by atoms with Gasteiger partial charge in [0.25, 0.3) is 0 Å². The molecule has 122 valence electrons. The zero-order chi connectivity index (χ0) is 16.1. The normalized spacial score (nSPS) is 23.1. The SMILES string of the molecule is CC(NC(=O)[C@H]1NCCO[C@@H]1C)c1cccc(OC(F)F)c1. The Morgan fingerprint density at radius 1 is 1.50 bits per heavy atom. The summed E-state index contributed by atoms with van der Waals surface area (Å²) in [7, 11) is 0. The molecule has 1 aromatic rings. The molecule has 2 rings (SSSR count). The van der Waals surface area contributed by atoms with Crippen LogP contribution < -0.4 is 15.4 Å². The highest BCUT2D eigenvalue weighted by Gasteiger charge is 2.29. The standard InChI is InChI=1S/C15H20F2N2O3/c1-9(11-4-3-5-12(8-11)22-15(16)17)19-14(20)13-10(2)21-7-6-18-13/h3-5,8-10,13,15,18H,6-7H2,1-2H3,(H,19,20)/t9?,10-,13+/m1/s1. The van der Waals surface area contributed by atoms with E-state index in [0.29, 0.717) is 18.7 Å². The van der Waals surface area contributed by atoms with Crippen LogP contribution in [0.5, 0.6) is 5.75 Å². The van der Waals surface area contributed by atoms with Crippen LogP contribution in [0.3, 0.4) is 0 Å². The highest BCUT2D eigenvalue weighted by Crippen LogP contribution is 2.21. The van der Waals surface area contributed by atoms with Crippen LogP contribution in [0.2, 0.25) is 0 Å². The number of amides is 1. The van der Waals surface area contributed by atoms with Gasteiger partial charge in [0.1, 0.15) is 11.8 Å². The first-order valence-electron chi connectivity index (χ1n) is 7.17. The Kier molecular flexibility index (Phi) is 5.68. The average molecular weight is 314 g/mol. The number of morpholine rings is 1. The van der Waals surface area contributed by atoms with Crippen molar-refractivity contribution < 1.29 is 23.0 Å². The first-order valence-corrected chi connectivity index (χ1v) is 7.17. The van der Waals surface area contributed by atoms with E-state index in [4.69, 9.17) is 4.74 Å². The minimum absolute atomic E-state index is 0.0705. The molecule has 0 bridgehead atoms. The predicted molar refractivity (Wildman–Crippen MR) is 76.8 cm³/mol. The summed E-state index contributed by atoms with van der Waals surface area (Å²) < 4.78 is 34.3. The van der Waals surface area contributed by atoms with Gasteiger partial charge in [0.05, 0.1) is 18.8 Å². The summed E-state index contributed by atoms with van der Waals surface area (Å²) in [6.07, 6.45) is -0.213. The van der Waals surface area contributed by atoms with Crippen molar-refractivity contribution in [2.75, 3.05) is 13.2 Å². The maximum absolute atomic E-state index is 12.3. The van der Waals surface area contributed by atoms with Gasteiger partial charge in [-0.05, 0) is 31.5 Å². The van der Waals surface area contributed by atoms with Crippen LogP contribution in [-0.2, 0) is 9.53 Å². The fraction of sp³-hybridized carbons (Fsp3) is 0.533. The van der Waals surface area contributed by atoms with Gasteiger partial charge in [-0.1, -0.05) is 12.1 Å². The van der Waals surface area contributed by atoms with E-state index >= 15 is 0 Å². The Morgan fingerprint density at radius 2 is 2.27 bits per heavy atom. The number of hydrogen-bond acceptors (Lipinski definition) is 4. The lowest BCUT2D eigenvalue weighted by Crippen LogP contribution is -2.55. The van der Waals surface area contributed by atoms with Crippen molar-refractivity contribution in [3.8, 4) is 5.75 Å². The van der Waals surface area contributed by atoms with E-state index in [1.54, 1.807) is 19.1 Å². The van der Waals surface area contributed by atoms with Gasteiger partial charge in [0.2, 0.25) is 5.91 Å². The summed E-state index contributed by atoms with van der Waals surface area (Å²) >= 11 is 0. The van der Waals surface area contributed by atoms with E-state index in [-0.39, 0.29) is 23.8 Å². The van der Waals surface area contributed by atoms with Gasteiger partial charge in [-0.3, -0.25) is 4.79 Å². The summed E-state index contributed by atoms with van der Waals surface area (Å²) in [5.74, 6) is -0.110. The Hall–Kier alpha value is -1.73. The Bertz CT molecular complexity index is 513. The Labute approximate surface area is 128 Å². The highest BCUT2D eigenvalue weighted by atomic mass is 19.3. The first kappa shape index (κ1) is 16.6. The molecule has 0 aromatic heterocycles. The van der Waals surface area contributed by atoms with Gasteiger partial charge in [-0.15, -0.1) is 0 Å². The molecule has 0 aliphatic carbocycles. The molecule has 0 spiro atoms. The van der Waals surface area contributed by atoms with Crippen LogP contribution in [0.15, 0.2) is 24.3 Å². The maximum atomic E-state index is 12.3. The number of rotatable bonds is 5. The highest BCUT2D eigenvalue weighted by molar-refractivity contribution is 5.82. The Morgan fingerprint density at radius 3 is 2.95 bits per heavy atom.